The summed E-state index contributed by atoms with van der Waals surface area (Å²) < 4.78 is 5.84. The monoisotopic (exact) mass is 220 g/mol. The fourth-order valence-corrected chi connectivity index (χ4v) is 2.21. The molecule has 0 amide bonds. The normalized spacial score (nSPS) is 11.2. The number of aryl methyl sites for hydroxylation is 1. The van der Waals surface area contributed by atoms with Gasteiger partial charge in [-0.1, -0.05) is 37.8 Å². The zero-order valence-corrected chi connectivity index (χ0v) is 11.1. The summed E-state index contributed by atoms with van der Waals surface area (Å²) in [4.78, 5) is 0. The van der Waals surface area contributed by atoms with Crippen molar-refractivity contribution in [1.29, 1.82) is 0 Å². The molecule has 0 aliphatic heterocycles. The van der Waals surface area contributed by atoms with Crippen LogP contribution in [0.5, 0.6) is 0 Å². The highest BCUT2D eigenvalue weighted by Gasteiger charge is 2.17. The van der Waals surface area contributed by atoms with Crippen molar-refractivity contribution in [3.05, 3.63) is 42.0 Å². The van der Waals surface area contributed by atoms with Gasteiger partial charge in [0, 0.05) is 5.56 Å². The van der Waals surface area contributed by atoms with Gasteiger partial charge >= 0.3 is 0 Å². The molecular formula is C13H20OSi. The second kappa shape index (κ2) is 4.66. The molecular weight excluding hydrogens is 200 g/mol. The molecule has 0 aliphatic rings. The summed E-state index contributed by atoms with van der Waals surface area (Å²) in [6.07, 6.45) is 1.07. The van der Waals surface area contributed by atoms with Gasteiger partial charge in [-0.3, -0.25) is 0 Å². The molecule has 15 heavy (non-hydrogen) atoms. The lowest BCUT2D eigenvalue weighted by Gasteiger charge is -2.21. The van der Waals surface area contributed by atoms with E-state index >= 15 is 0 Å². The summed E-state index contributed by atoms with van der Waals surface area (Å²) in [6.45, 7) is 12.6. The first-order chi connectivity index (χ1) is 6.92. The van der Waals surface area contributed by atoms with Gasteiger partial charge < -0.3 is 4.43 Å². The second-order valence-corrected chi connectivity index (χ2v) is 9.12. The Morgan fingerprint density at radius 3 is 2.13 bits per heavy atom. The minimum absolute atomic E-state index is 0.803. The Balaban J connectivity index is 2.75. The SMILES string of the molecule is C=C(O[Si](C)(C)C)c1ccc(CC)cc1. The smallest absolute Gasteiger partial charge is 0.242 e. The van der Waals surface area contributed by atoms with Gasteiger partial charge in [0.25, 0.3) is 0 Å². The van der Waals surface area contributed by atoms with E-state index in [1.165, 1.54) is 5.56 Å². The molecule has 0 radical (unpaired) electrons. The number of benzene rings is 1. The van der Waals surface area contributed by atoms with E-state index in [2.05, 4.69) is 57.4 Å². The Kier molecular flexibility index (Phi) is 3.75. The molecule has 0 unspecified atom stereocenters. The number of rotatable bonds is 4. The van der Waals surface area contributed by atoms with Gasteiger partial charge in [-0.15, -0.1) is 0 Å². The standard InChI is InChI=1S/C13H20OSi/c1-6-12-7-9-13(10-8-12)11(2)14-15(3,4)5/h7-10H,2,6H2,1,3-5H3. The third kappa shape index (κ3) is 3.92. The largest absolute Gasteiger partial charge is 0.544 e. The topological polar surface area (TPSA) is 9.23 Å². The minimum Gasteiger partial charge on any atom is -0.544 e. The van der Waals surface area contributed by atoms with Gasteiger partial charge in [-0.05, 0) is 31.6 Å². The first kappa shape index (κ1) is 12.0. The lowest BCUT2D eigenvalue weighted by Crippen LogP contribution is -2.24. The van der Waals surface area contributed by atoms with Crippen LogP contribution in [0, 0.1) is 0 Å². The van der Waals surface area contributed by atoms with Crippen molar-refractivity contribution in [3.63, 3.8) is 0 Å². The summed E-state index contributed by atoms with van der Waals surface area (Å²) in [5, 5.41) is 0. The fourth-order valence-electron chi connectivity index (χ4n) is 1.35. The molecule has 0 aliphatic carbocycles. The van der Waals surface area contributed by atoms with E-state index in [0.29, 0.717) is 0 Å². The van der Waals surface area contributed by atoms with Crippen molar-refractivity contribution in [1.82, 2.24) is 0 Å². The lowest BCUT2D eigenvalue weighted by molar-refractivity contribution is 0.516. The van der Waals surface area contributed by atoms with Crippen molar-refractivity contribution in [2.75, 3.05) is 0 Å². The van der Waals surface area contributed by atoms with Gasteiger partial charge in [0.2, 0.25) is 8.32 Å². The first-order valence-corrected chi connectivity index (χ1v) is 8.80. The zero-order chi connectivity index (χ0) is 11.5. The van der Waals surface area contributed by atoms with Crippen molar-refractivity contribution in [2.45, 2.75) is 33.0 Å². The Morgan fingerprint density at radius 2 is 1.73 bits per heavy atom. The molecule has 2 heteroatoms. The van der Waals surface area contributed by atoms with Crippen LogP contribution in [0.25, 0.3) is 5.76 Å². The third-order valence-corrected chi connectivity index (χ3v) is 2.97. The first-order valence-electron chi connectivity index (χ1n) is 5.39. The predicted molar refractivity (Wildman–Crippen MR) is 69.3 cm³/mol. The highest BCUT2D eigenvalue weighted by atomic mass is 28.4. The maximum atomic E-state index is 5.84. The van der Waals surface area contributed by atoms with E-state index < -0.39 is 8.32 Å². The molecule has 0 spiro atoms. The van der Waals surface area contributed by atoms with Crippen LogP contribution in [0.1, 0.15) is 18.1 Å². The summed E-state index contributed by atoms with van der Waals surface area (Å²) in [6, 6.07) is 8.44. The van der Waals surface area contributed by atoms with E-state index in [1.54, 1.807) is 0 Å². The third-order valence-electron chi connectivity index (χ3n) is 2.11. The van der Waals surface area contributed by atoms with Gasteiger partial charge in [0.1, 0.15) is 5.76 Å². The van der Waals surface area contributed by atoms with Crippen LogP contribution >= 0.6 is 0 Å². The predicted octanol–water partition coefficient (Wildman–Crippen LogP) is 4.07. The molecule has 1 nitrogen and oxygen atoms in total. The van der Waals surface area contributed by atoms with Crippen LogP contribution in [0.15, 0.2) is 30.8 Å². The van der Waals surface area contributed by atoms with E-state index in [4.69, 9.17) is 4.43 Å². The van der Waals surface area contributed by atoms with E-state index in [-0.39, 0.29) is 0 Å². The lowest BCUT2D eigenvalue weighted by atomic mass is 10.1. The van der Waals surface area contributed by atoms with Crippen molar-refractivity contribution in [2.24, 2.45) is 0 Å². The molecule has 0 saturated carbocycles. The number of hydrogen-bond donors (Lipinski definition) is 0. The van der Waals surface area contributed by atoms with Gasteiger partial charge in [-0.2, -0.15) is 0 Å². The average Bonchev–Trinajstić information content (AvgIpc) is 2.15. The summed E-state index contributed by atoms with van der Waals surface area (Å²) >= 11 is 0. The minimum atomic E-state index is -1.52. The quantitative estimate of drug-likeness (QED) is 0.549. The Bertz CT molecular complexity index is 333. The molecule has 0 atom stereocenters. The molecule has 1 rings (SSSR count). The highest BCUT2D eigenvalue weighted by Crippen LogP contribution is 2.19. The maximum absolute atomic E-state index is 5.84. The summed E-state index contributed by atoms with van der Waals surface area (Å²) in [5.74, 6) is 0.803. The van der Waals surface area contributed by atoms with E-state index in [9.17, 15) is 0 Å². The molecule has 1 aromatic carbocycles. The molecule has 0 saturated heterocycles. The van der Waals surface area contributed by atoms with E-state index in [1.807, 2.05) is 0 Å². The maximum Gasteiger partial charge on any atom is 0.242 e. The van der Waals surface area contributed by atoms with Gasteiger partial charge in [0.15, 0.2) is 0 Å². The van der Waals surface area contributed by atoms with Crippen LogP contribution in [-0.2, 0) is 10.8 Å². The highest BCUT2D eigenvalue weighted by molar-refractivity contribution is 6.70. The van der Waals surface area contributed by atoms with Crippen molar-refractivity contribution >= 4 is 14.1 Å². The number of hydrogen-bond acceptors (Lipinski definition) is 1. The molecule has 82 valence electrons. The zero-order valence-electron chi connectivity index (χ0n) is 10.1. The molecule has 1 aromatic rings. The van der Waals surface area contributed by atoms with Crippen LogP contribution in [0.3, 0.4) is 0 Å². The average molecular weight is 220 g/mol. The van der Waals surface area contributed by atoms with Crippen LogP contribution in [0.4, 0.5) is 0 Å². The Labute approximate surface area is 93.9 Å². The van der Waals surface area contributed by atoms with Crippen LogP contribution in [-0.4, -0.2) is 8.32 Å². The molecule has 0 fully saturated rings. The fraction of sp³-hybridized carbons (Fsp3) is 0.385. The van der Waals surface area contributed by atoms with Crippen molar-refractivity contribution < 1.29 is 4.43 Å². The van der Waals surface area contributed by atoms with Crippen LogP contribution in [0.2, 0.25) is 19.6 Å². The van der Waals surface area contributed by atoms with Gasteiger partial charge in [0.05, 0.1) is 0 Å². The second-order valence-electron chi connectivity index (χ2n) is 4.69. The summed E-state index contributed by atoms with van der Waals surface area (Å²) in [5.41, 5.74) is 2.44. The molecule has 0 heterocycles. The van der Waals surface area contributed by atoms with Crippen molar-refractivity contribution in [3.8, 4) is 0 Å². The molecule has 0 aromatic heterocycles. The Hall–Kier alpha value is -1.02. The van der Waals surface area contributed by atoms with Gasteiger partial charge in [-0.25, -0.2) is 0 Å². The van der Waals surface area contributed by atoms with Crippen LogP contribution < -0.4 is 0 Å². The Morgan fingerprint density at radius 1 is 1.20 bits per heavy atom. The van der Waals surface area contributed by atoms with E-state index in [0.717, 1.165) is 17.7 Å². The summed E-state index contributed by atoms with van der Waals surface area (Å²) in [7, 11) is -1.52. The molecule has 0 bridgehead atoms. The molecule has 0 N–H and O–H groups in total.